The number of aromatic nitrogens is 1. The minimum atomic E-state index is -0.311. The number of hydrogen-bond acceptors (Lipinski definition) is 4. The summed E-state index contributed by atoms with van der Waals surface area (Å²) in [7, 11) is 0. The van der Waals surface area contributed by atoms with E-state index in [4.69, 9.17) is 4.42 Å². The number of benzene rings is 1. The standard InChI is InChI=1S/C18H22N2O3/c1-11(2)17(21)15-7-5-14(6-8-15)13(4)18(22)20-10-16-19-9-12(3)23-16/h5-9,11,13H,10H2,1-4H3,(H,20,22)/t13-/m1/s1. The van der Waals surface area contributed by atoms with Crippen molar-refractivity contribution in [2.45, 2.75) is 40.2 Å². The number of ketones is 1. The molecule has 2 aromatic rings. The molecule has 0 aliphatic heterocycles. The van der Waals surface area contributed by atoms with Gasteiger partial charge in [-0.15, -0.1) is 0 Å². The quantitative estimate of drug-likeness (QED) is 0.831. The van der Waals surface area contributed by atoms with Crippen LogP contribution in [-0.2, 0) is 11.3 Å². The number of rotatable bonds is 6. The number of carbonyl (C=O) groups excluding carboxylic acids is 2. The van der Waals surface area contributed by atoms with Crippen molar-refractivity contribution in [2.24, 2.45) is 5.92 Å². The fourth-order valence-electron chi connectivity index (χ4n) is 2.22. The Morgan fingerprint density at radius 2 is 1.83 bits per heavy atom. The van der Waals surface area contributed by atoms with Crippen LogP contribution in [-0.4, -0.2) is 16.7 Å². The van der Waals surface area contributed by atoms with Crippen molar-refractivity contribution in [3.8, 4) is 0 Å². The Balaban J connectivity index is 1.97. The van der Waals surface area contributed by atoms with Gasteiger partial charge in [0.25, 0.3) is 0 Å². The summed E-state index contributed by atoms with van der Waals surface area (Å²) in [4.78, 5) is 28.2. The first kappa shape index (κ1) is 16.9. The average Bonchev–Trinajstić information content (AvgIpc) is 2.96. The number of amides is 1. The number of Topliss-reactive ketones (excluding diaryl/α,β-unsaturated/α-hetero) is 1. The van der Waals surface area contributed by atoms with Crippen molar-refractivity contribution >= 4 is 11.7 Å². The van der Waals surface area contributed by atoms with Gasteiger partial charge in [-0.05, 0) is 19.4 Å². The van der Waals surface area contributed by atoms with Crippen LogP contribution in [0.15, 0.2) is 34.9 Å². The number of nitrogens with one attached hydrogen (secondary N) is 1. The lowest BCUT2D eigenvalue weighted by atomic mass is 9.95. The van der Waals surface area contributed by atoms with Gasteiger partial charge in [-0.25, -0.2) is 4.98 Å². The fraction of sp³-hybridized carbons (Fsp3) is 0.389. The predicted octanol–water partition coefficient (Wildman–Crippen LogP) is 3.24. The second-order valence-corrected chi connectivity index (χ2v) is 5.95. The van der Waals surface area contributed by atoms with Crippen molar-refractivity contribution in [3.05, 3.63) is 53.2 Å². The highest BCUT2D eigenvalue weighted by Crippen LogP contribution is 2.18. The van der Waals surface area contributed by atoms with Gasteiger partial charge < -0.3 is 9.73 Å². The Labute approximate surface area is 136 Å². The van der Waals surface area contributed by atoms with Crippen molar-refractivity contribution in [2.75, 3.05) is 0 Å². The number of oxazole rings is 1. The predicted molar refractivity (Wildman–Crippen MR) is 87.1 cm³/mol. The smallest absolute Gasteiger partial charge is 0.227 e. The summed E-state index contributed by atoms with van der Waals surface area (Å²) in [6.07, 6.45) is 1.62. The van der Waals surface area contributed by atoms with E-state index in [2.05, 4.69) is 10.3 Å². The maximum Gasteiger partial charge on any atom is 0.227 e. The number of nitrogens with zero attached hydrogens (tertiary/aromatic N) is 1. The zero-order valence-corrected chi connectivity index (χ0v) is 13.9. The molecule has 0 saturated carbocycles. The normalized spacial score (nSPS) is 12.2. The molecular formula is C18H22N2O3. The molecule has 1 aromatic heterocycles. The maximum atomic E-state index is 12.2. The van der Waals surface area contributed by atoms with Crippen LogP contribution < -0.4 is 5.32 Å². The molecule has 0 spiro atoms. The first-order chi connectivity index (χ1) is 10.9. The van der Waals surface area contributed by atoms with Gasteiger partial charge in [0.2, 0.25) is 11.8 Å². The van der Waals surface area contributed by atoms with Crippen LogP contribution in [0.1, 0.15) is 54.3 Å². The van der Waals surface area contributed by atoms with Gasteiger partial charge in [-0.2, -0.15) is 0 Å². The van der Waals surface area contributed by atoms with E-state index in [0.717, 1.165) is 5.56 Å². The topological polar surface area (TPSA) is 72.2 Å². The molecule has 0 unspecified atom stereocenters. The van der Waals surface area contributed by atoms with Crippen molar-refractivity contribution in [3.63, 3.8) is 0 Å². The molecule has 122 valence electrons. The number of carbonyl (C=O) groups is 2. The molecule has 0 fully saturated rings. The second kappa shape index (κ2) is 7.22. The van der Waals surface area contributed by atoms with E-state index in [1.54, 1.807) is 25.3 Å². The number of aryl methyl sites for hydroxylation is 1. The van der Waals surface area contributed by atoms with E-state index in [0.29, 0.717) is 17.2 Å². The molecule has 5 heteroatoms. The maximum absolute atomic E-state index is 12.2. The Kier molecular flexibility index (Phi) is 5.32. The summed E-state index contributed by atoms with van der Waals surface area (Å²) in [5.41, 5.74) is 1.54. The minimum absolute atomic E-state index is 0.0363. The van der Waals surface area contributed by atoms with Crippen LogP contribution in [0.25, 0.3) is 0 Å². The Morgan fingerprint density at radius 3 is 2.35 bits per heavy atom. The van der Waals surface area contributed by atoms with E-state index in [9.17, 15) is 9.59 Å². The van der Waals surface area contributed by atoms with Gasteiger partial charge in [0.15, 0.2) is 5.78 Å². The molecule has 5 nitrogen and oxygen atoms in total. The highest BCUT2D eigenvalue weighted by atomic mass is 16.4. The third kappa shape index (κ3) is 4.28. The van der Waals surface area contributed by atoms with Gasteiger partial charge in [0, 0.05) is 11.5 Å². The molecule has 0 aliphatic carbocycles. The summed E-state index contributed by atoms with van der Waals surface area (Å²) in [6, 6.07) is 7.21. The molecule has 23 heavy (non-hydrogen) atoms. The summed E-state index contributed by atoms with van der Waals surface area (Å²) in [5.74, 6) is 0.852. The van der Waals surface area contributed by atoms with Crippen LogP contribution in [0.3, 0.4) is 0 Å². The monoisotopic (exact) mass is 314 g/mol. The Hall–Kier alpha value is -2.43. The van der Waals surface area contributed by atoms with Crippen LogP contribution in [0.4, 0.5) is 0 Å². The molecule has 0 saturated heterocycles. The van der Waals surface area contributed by atoms with Gasteiger partial charge in [0.05, 0.1) is 18.7 Å². The summed E-state index contributed by atoms with van der Waals surface area (Å²) in [6.45, 7) is 7.64. The van der Waals surface area contributed by atoms with Crippen LogP contribution >= 0.6 is 0 Å². The molecule has 1 N–H and O–H groups in total. The highest BCUT2D eigenvalue weighted by molar-refractivity contribution is 5.97. The third-order valence-corrected chi connectivity index (χ3v) is 3.70. The van der Waals surface area contributed by atoms with E-state index in [1.807, 2.05) is 32.9 Å². The highest BCUT2D eigenvalue weighted by Gasteiger charge is 2.17. The van der Waals surface area contributed by atoms with Crippen LogP contribution in [0.5, 0.6) is 0 Å². The average molecular weight is 314 g/mol. The number of hydrogen-bond donors (Lipinski definition) is 1. The Morgan fingerprint density at radius 1 is 1.17 bits per heavy atom. The zero-order valence-electron chi connectivity index (χ0n) is 13.9. The van der Waals surface area contributed by atoms with Gasteiger partial charge in [-0.1, -0.05) is 38.1 Å². The fourth-order valence-corrected chi connectivity index (χ4v) is 2.22. The lowest BCUT2D eigenvalue weighted by Crippen LogP contribution is -2.27. The van der Waals surface area contributed by atoms with Gasteiger partial charge in [0.1, 0.15) is 5.76 Å². The van der Waals surface area contributed by atoms with Crippen molar-refractivity contribution in [1.82, 2.24) is 10.3 Å². The minimum Gasteiger partial charge on any atom is -0.444 e. The molecule has 1 heterocycles. The lowest BCUT2D eigenvalue weighted by Gasteiger charge is -2.12. The molecule has 2 rings (SSSR count). The zero-order chi connectivity index (χ0) is 17.0. The van der Waals surface area contributed by atoms with E-state index < -0.39 is 0 Å². The summed E-state index contributed by atoms with van der Waals surface area (Å²) in [5, 5.41) is 2.80. The summed E-state index contributed by atoms with van der Waals surface area (Å²) < 4.78 is 5.32. The summed E-state index contributed by atoms with van der Waals surface area (Å²) >= 11 is 0. The van der Waals surface area contributed by atoms with Crippen LogP contribution in [0.2, 0.25) is 0 Å². The van der Waals surface area contributed by atoms with E-state index >= 15 is 0 Å². The third-order valence-electron chi connectivity index (χ3n) is 3.70. The first-order valence-electron chi connectivity index (χ1n) is 7.71. The lowest BCUT2D eigenvalue weighted by molar-refractivity contribution is -0.122. The molecule has 0 bridgehead atoms. The molecule has 1 amide bonds. The van der Waals surface area contributed by atoms with Gasteiger partial charge >= 0.3 is 0 Å². The molecule has 0 radical (unpaired) electrons. The molecule has 1 aromatic carbocycles. The largest absolute Gasteiger partial charge is 0.444 e. The first-order valence-corrected chi connectivity index (χ1v) is 7.71. The van der Waals surface area contributed by atoms with Crippen LogP contribution in [0, 0.1) is 12.8 Å². The SMILES string of the molecule is Cc1cnc(CNC(=O)[C@H](C)c2ccc(C(=O)C(C)C)cc2)o1. The molecular weight excluding hydrogens is 292 g/mol. The van der Waals surface area contributed by atoms with E-state index in [1.165, 1.54) is 0 Å². The molecule has 1 atom stereocenters. The Bertz CT molecular complexity index is 687. The van der Waals surface area contributed by atoms with E-state index in [-0.39, 0.29) is 30.1 Å². The van der Waals surface area contributed by atoms with Crippen molar-refractivity contribution < 1.29 is 14.0 Å². The van der Waals surface area contributed by atoms with Crippen molar-refractivity contribution in [1.29, 1.82) is 0 Å². The second-order valence-electron chi connectivity index (χ2n) is 5.95. The molecule has 0 aliphatic rings. The van der Waals surface area contributed by atoms with Gasteiger partial charge in [-0.3, -0.25) is 9.59 Å².